The Morgan fingerprint density at radius 1 is 1.71 bits per heavy atom. The van der Waals surface area contributed by atoms with Gasteiger partial charge < -0.3 is 5.11 Å². The summed E-state index contributed by atoms with van der Waals surface area (Å²) in [7, 11) is 1.80. The minimum Gasteiger partial charge on any atom is -0.385 e. The monoisotopic (exact) mass is 196 g/mol. The summed E-state index contributed by atoms with van der Waals surface area (Å²) in [6.45, 7) is 3.67. The van der Waals surface area contributed by atoms with Crippen molar-refractivity contribution in [2.45, 2.75) is 32.8 Å². The van der Waals surface area contributed by atoms with E-state index in [9.17, 15) is 9.90 Å². The van der Waals surface area contributed by atoms with Crippen LogP contribution in [0.1, 0.15) is 24.7 Å². The first-order chi connectivity index (χ1) is 6.54. The van der Waals surface area contributed by atoms with Crippen LogP contribution in [0.5, 0.6) is 0 Å². The van der Waals surface area contributed by atoms with E-state index in [2.05, 4.69) is 5.10 Å². The summed E-state index contributed by atoms with van der Waals surface area (Å²) in [4.78, 5) is 11.4. The number of nitrogens with zero attached hydrogens (tertiary/aromatic N) is 2. The third kappa shape index (κ3) is 2.42. The minimum absolute atomic E-state index is 0.143. The summed E-state index contributed by atoms with van der Waals surface area (Å²) in [6.07, 6.45) is -0.118. The van der Waals surface area contributed by atoms with E-state index in [4.69, 9.17) is 0 Å². The summed E-state index contributed by atoms with van der Waals surface area (Å²) < 4.78 is 1.68. The fourth-order valence-corrected chi connectivity index (χ4v) is 1.35. The average molecular weight is 196 g/mol. The van der Waals surface area contributed by atoms with Crippen molar-refractivity contribution in [3.63, 3.8) is 0 Å². The van der Waals surface area contributed by atoms with Gasteiger partial charge in [0.15, 0.2) is 5.78 Å². The molecule has 0 saturated heterocycles. The van der Waals surface area contributed by atoms with Gasteiger partial charge in [0.1, 0.15) is 6.10 Å². The normalized spacial score (nSPS) is 12.9. The van der Waals surface area contributed by atoms with Crippen LogP contribution in [0.2, 0.25) is 0 Å². The van der Waals surface area contributed by atoms with Gasteiger partial charge in [-0.3, -0.25) is 9.48 Å². The highest BCUT2D eigenvalue weighted by Crippen LogP contribution is 2.05. The van der Waals surface area contributed by atoms with Crippen LogP contribution >= 0.6 is 0 Å². The lowest BCUT2D eigenvalue weighted by Gasteiger charge is -2.06. The minimum atomic E-state index is -0.842. The fraction of sp³-hybridized carbons (Fsp3) is 0.600. The predicted molar refractivity (Wildman–Crippen MR) is 53.0 cm³/mol. The van der Waals surface area contributed by atoms with Crippen LogP contribution in [0.3, 0.4) is 0 Å². The Labute approximate surface area is 83.5 Å². The first-order valence-electron chi connectivity index (χ1n) is 4.75. The van der Waals surface area contributed by atoms with E-state index >= 15 is 0 Å². The molecule has 4 nitrogen and oxygen atoms in total. The Morgan fingerprint density at radius 2 is 2.36 bits per heavy atom. The highest BCUT2D eigenvalue weighted by atomic mass is 16.3. The molecule has 0 spiro atoms. The third-order valence-corrected chi connectivity index (χ3v) is 2.21. The second-order valence-electron chi connectivity index (χ2n) is 3.47. The molecule has 0 aliphatic rings. The van der Waals surface area contributed by atoms with Crippen molar-refractivity contribution in [3.05, 3.63) is 17.5 Å². The Morgan fingerprint density at radius 3 is 2.79 bits per heavy atom. The van der Waals surface area contributed by atoms with Crippen molar-refractivity contribution >= 4 is 5.78 Å². The van der Waals surface area contributed by atoms with Gasteiger partial charge in [-0.25, -0.2) is 0 Å². The second-order valence-corrected chi connectivity index (χ2v) is 3.47. The number of carbonyl (C=O) groups is 1. The zero-order chi connectivity index (χ0) is 10.7. The maximum Gasteiger partial charge on any atom is 0.167 e. The highest BCUT2D eigenvalue weighted by molar-refractivity contribution is 5.84. The topological polar surface area (TPSA) is 55.1 Å². The van der Waals surface area contributed by atoms with E-state index in [0.29, 0.717) is 6.42 Å². The number of aryl methyl sites for hydroxylation is 2. The highest BCUT2D eigenvalue weighted by Gasteiger charge is 2.15. The molecular formula is C10H16N2O2. The number of aliphatic hydroxyl groups is 1. The molecule has 0 aromatic carbocycles. The lowest BCUT2D eigenvalue weighted by Crippen LogP contribution is -2.22. The van der Waals surface area contributed by atoms with Crippen LogP contribution < -0.4 is 0 Å². The maximum absolute atomic E-state index is 11.4. The van der Waals surface area contributed by atoms with Crippen molar-refractivity contribution in [2.75, 3.05) is 0 Å². The molecule has 1 aromatic heterocycles. The summed E-state index contributed by atoms with van der Waals surface area (Å²) in [5.74, 6) is -0.143. The van der Waals surface area contributed by atoms with E-state index in [0.717, 1.165) is 11.4 Å². The van der Waals surface area contributed by atoms with Crippen molar-refractivity contribution in [1.29, 1.82) is 0 Å². The molecule has 1 unspecified atom stereocenters. The van der Waals surface area contributed by atoms with Gasteiger partial charge in [-0.05, 0) is 19.4 Å². The van der Waals surface area contributed by atoms with Gasteiger partial charge in [0.05, 0.1) is 12.1 Å². The van der Waals surface area contributed by atoms with Gasteiger partial charge in [-0.15, -0.1) is 0 Å². The summed E-state index contributed by atoms with van der Waals surface area (Å²) >= 11 is 0. The number of Topliss-reactive ketones (excluding diaryl/α,β-unsaturated/α-hetero) is 1. The van der Waals surface area contributed by atoms with E-state index in [1.165, 1.54) is 0 Å². The van der Waals surface area contributed by atoms with Crippen molar-refractivity contribution < 1.29 is 9.90 Å². The van der Waals surface area contributed by atoms with Gasteiger partial charge >= 0.3 is 0 Å². The average Bonchev–Trinajstić information content (AvgIpc) is 2.44. The molecule has 1 aromatic rings. The maximum atomic E-state index is 11.4. The lowest BCUT2D eigenvalue weighted by molar-refractivity contribution is -0.126. The quantitative estimate of drug-likeness (QED) is 0.767. The largest absolute Gasteiger partial charge is 0.385 e. The predicted octanol–water partition coefficient (Wildman–Crippen LogP) is 0.611. The number of ketones is 1. The molecule has 14 heavy (non-hydrogen) atoms. The van der Waals surface area contributed by atoms with Gasteiger partial charge in [-0.1, -0.05) is 6.92 Å². The molecule has 0 radical (unpaired) electrons. The zero-order valence-electron chi connectivity index (χ0n) is 8.82. The Kier molecular flexibility index (Phi) is 3.41. The Bertz CT molecular complexity index is 331. The standard InChI is InChI=1S/C10H16N2O2/c1-4-9(13)10(14)6-8-5-7(2)11-12(8)3/h5,9,13H,4,6H2,1-3H3. The molecule has 0 bridgehead atoms. The van der Waals surface area contributed by atoms with E-state index in [-0.39, 0.29) is 12.2 Å². The van der Waals surface area contributed by atoms with Crippen LogP contribution in [-0.2, 0) is 18.3 Å². The smallest absolute Gasteiger partial charge is 0.167 e. The van der Waals surface area contributed by atoms with Crippen LogP contribution in [0, 0.1) is 6.92 Å². The number of aliphatic hydroxyl groups excluding tert-OH is 1. The van der Waals surface area contributed by atoms with Crippen LogP contribution in [0.4, 0.5) is 0 Å². The number of hydrogen-bond acceptors (Lipinski definition) is 3. The molecule has 1 heterocycles. The Hall–Kier alpha value is -1.16. The fourth-order valence-electron chi connectivity index (χ4n) is 1.35. The molecule has 0 aliphatic heterocycles. The number of rotatable bonds is 4. The van der Waals surface area contributed by atoms with E-state index in [1.54, 1.807) is 18.7 Å². The van der Waals surface area contributed by atoms with E-state index < -0.39 is 6.10 Å². The van der Waals surface area contributed by atoms with E-state index in [1.807, 2.05) is 13.0 Å². The number of hydrogen-bond donors (Lipinski definition) is 1. The first-order valence-corrected chi connectivity index (χ1v) is 4.75. The molecule has 1 atom stereocenters. The molecule has 4 heteroatoms. The molecule has 0 saturated carbocycles. The second kappa shape index (κ2) is 4.37. The summed E-state index contributed by atoms with van der Waals surface area (Å²) in [6, 6.07) is 1.86. The van der Waals surface area contributed by atoms with Crippen LogP contribution in [0.15, 0.2) is 6.07 Å². The Balaban J connectivity index is 2.69. The molecule has 0 aliphatic carbocycles. The van der Waals surface area contributed by atoms with Crippen molar-refractivity contribution in [3.8, 4) is 0 Å². The van der Waals surface area contributed by atoms with Crippen LogP contribution in [0.25, 0.3) is 0 Å². The lowest BCUT2D eigenvalue weighted by atomic mass is 10.1. The van der Waals surface area contributed by atoms with Crippen LogP contribution in [-0.4, -0.2) is 26.8 Å². The number of aromatic nitrogens is 2. The summed E-state index contributed by atoms with van der Waals surface area (Å²) in [5.41, 5.74) is 1.74. The third-order valence-electron chi connectivity index (χ3n) is 2.21. The van der Waals surface area contributed by atoms with Gasteiger partial charge in [0, 0.05) is 12.7 Å². The van der Waals surface area contributed by atoms with Crippen molar-refractivity contribution in [1.82, 2.24) is 9.78 Å². The van der Waals surface area contributed by atoms with Gasteiger partial charge in [0.2, 0.25) is 0 Å². The SMILES string of the molecule is CCC(O)C(=O)Cc1cc(C)nn1C. The van der Waals surface area contributed by atoms with Gasteiger partial charge in [0.25, 0.3) is 0 Å². The zero-order valence-corrected chi connectivity index (χ0v) is 8.82. The molecule has 78 valence electrons. The molecular weight excluding hydrogens is 180 g/mol. The first kappa shape index (κ1) is 10.9. The van der Waals surface area contributed by atoms with Crippen molar-refractivity contribution in [2.24, 2.45) is 7.05 Å². The molecule has 0 fully saturated rings. The molecule has 1 N–H and O–H groups in total. The molecule has 1 rings (SSSR count). The molecule has 0 amide bonds. The van der Waals surface area contributed by atoms with Gasteiger partial charge in [-0.2, -0.15) is 5.10 Å². The number of carbonyl (C=O) groups excluding carboxylic acids is 1. The summed E-state index contributed by atoms with van der Waals surface area (Å²) in [5, 5.41) is 13.4.